The van der Waals surface area contributed by atoms with Gasteiger partial charge < -0.3 is 9.84 Å². The summed E-state index contributed by atoms with van der Waals surface area (Å²) in [5.74, 6) is 4.75. The molecule has 1 N–H and O–H groups in total. The van der Waals surface area contributed by atoms with E-state index in [2.05, 4.69) is 42.5 Å². The van der Waals surface area contributed by atoms with Crippen molar-refractivity contribution >= 4 is 5.97 Å². The van der Waals surface area contributed by atoms with E-state index in [1.165, 1.54) is 12.8 Å². The third-order valence-corrected chi connectivity index (χ3v) is 8.25. The topological polar surface area (TPSA) is 46.5 Å². The Bertz CT molecular complexity index is 942. The highest BCUT2D eigenvalue weighted by atomic mass is 16.5. The van der Waals surface area contributed by atoms with Crippen LogP contribution in [-0.4, -0.2) is 23.3 Å². The van der Waals surface area contributed by atoms with Gasteiger partial charge in [0.2, 0.25) is 0 Å². The van der Waals surface area contributed by atoms with Crippen molar-refractivity contribution in [3.8, 4) is 0 Å². The summed E-state index contributed by atoms with van der Waals surface area (Å²) in [4.78, 5) is 12.1. The van der Waals surface area contributed by atoms with Crippen LogP contribution in [0, 0.1) is 47.3 Å². The first-order valence-corrected chi connectivity index (χ1v) is 11.4. The highest BCUT2D eigenvalue weighted by Crippen LogP contribution is 2.54. The van der Waals surface area contributed by atoms with E-state index < -0.39 is 0 Å². The van der Waals surface area contributed by atoms with Gasteiger partial charge >= 0.3 is 5.97 Å². The number of hydrogen-bond donors (Lipinski definition) is 1. The van der Waals surface area contributed by atoms with Crippen LogP contribution in [0.5, 0.6) is 0 Å². The Hall–Kier alpha value is -2.39. The van der Waals surface area contributed by atoms with E-state index in [9.17, 15) is 9.90 Å². The lowest BCUT2D eigenvalue weighted by Gasteiger charge is -2.25. The van der Waals surface area contributed by atoms with Crippen molar-refractivity contribution in [3.63, 3.8) is 0 Å². The van der Waals surface area contributed by atoms with Crippen molar-refractivity contribution in [2.45, 2.75) is 25.0 Å². The summed E-state index contributed by atoms with van der Waals surface area (Å²) in [7, 11) is 0. The van der Waals surface area contributed by atoms with Crippen molar-refractivity contribution in [2.24, 2.45) is 47.3 Å². The van der Waals surface area contributed by atoms with Crippen LogP contribution < -0.4 is 0 Å². The first kappa shape index (κ1) is 18.4. The van der Waals surface area contributed by atoms with Gasteiger partial charge in [-0.25, -0.2) is 4.79 Å². The number of hydrogen-bond acceptors (Lipinski definition) is 3. The Morgan fingerprint density at radius 2 is 1.33 bits per heavy atom. The third kappa shape index (κ3) is 2.86. The molecule has 4 bridgehead atoms. The van der Waals surface area contributed by atoms with Gasteiger partial charge in [0.1, 0.15) is 6.10 Å². The van der Waals surface area contributed by atoms with Crippen molar-refractivity contribution in [1.29, 1.82) is 0 Å². The summed E-state index contributed by atoms with van der Waals surface area (Å²) in [5.41, 5.74) is 0.637. The molecule has 3 heteroatoms. The summed E-state index contributed by atoms with van der Waals surface area (Å²) in [6.07, 6.45) is 20.1. The monoisotopic (exact) mass is 400 g/mol. The molecule has 6 aliphatic carbocycles. The predicted molar refractivity (Wildman–Crippen MR) is 115 cm³/mol. The fourth-order valence-corrected chi connectivity index (χ4v) is 6.90. The Balaban J connectivity index is 0.000000134. The number of aliphatic hydroxyl groups excluding tert-OH is 1. The highest BCUT2D eigenvalue weighted by Gasteiger charge is 2.50. The van der Waals surface area contributed by atoms with Gasteiger partial charge in [-0.1, -0.05) is 60.7 Å². The van der Waals surface area contributed by atoms with E-state index in [1.54, 1.807) is 12.1 Å². The van der Waals surface area contributed by atoms with E-state index in [-0.39, 0.29) is 18.2 Å². The van der Waals surface area contributed by atoms with Gasteiger partial charge in [-0.2, -0.15) is 0 Å². The number of fused-ring (bicyclic) bond motifs is 10. The normalized spacial score (nSPS) is 44.8. The number of benzene rings is 1. The van der Waals surface area contributed by atoms with Gasteiger partial charge in [0.05, 0.1) is 11.7 Å². The number of rotatable bonds is 2. The van der Waals surface area contributed by atoms with Gasteiger partial charge in [-0.05, 0) is 66.6 Å². The molecular formula is C27H28O3. The van der Waals surface area contributed by atoms with Gasteiger partial charge in [0.25, 0.3) is 0 Å². The summed E-state index contributed by atoms with van der Waals surface area (Å²) < 4.78 is 5.70. The minimum Gasteiger partial charge on any atom is -0.454 e. The molecule has 2 fully saturated rings. The predicted octanol–water partition coefficient (Wildman–Crippen LogP) is 4.58. The van der Waals surface area contributed by atoms with E-state index >= 15 is 0 Å². The molecule has 6 aliphatic rings. The van der Waals surface area contributed by atoms with Crippen LogP contribution in [0.15, 0.2) is 78.9 Å². The average Bonchev–Trinajstić information content (AvgIpc) is 3.57. The first-order chi connectivity index (χ1) is 14.7. The molecule has 0 amide bonds. The average molecular weight is 401 g/mol. The zero-order valence-electron chi connectivity index (χ0n) is 17.0. The molecule has 0 radical (unpaired) electrons. The second-order valence-electron chi connectivity index (χ2n) is 9.70. The molecule has 1 aromatic rings. The largest absolute Gasteiger partial charge is 0.454 e. The lowest BCUT2D eigenvalue weighted by molar-refractivity contribution is 0.0240. The molecule has 1 aromatic carbocycles. The number of carbonyl (C=O) groups excluding carboxylic acids is 1. The standard InChI is InChI=1S/C17H16O2.C10H12O/c18-17(11-4-2-1-3-5-11)19-15-9-8-14-12-6-7-13(10-12)16(14)15;11-9-4-3-8-6-1-2-7(5-6)10(8)9/h1-9,12-16H,10H2;1-4,6-11H,5H2/t12?,13?,14-,15+,16+;6?,7?,8-,9+,10+/m00/s1. The molecule has 0 saturated heterocycles. The Labute approximate surface area is 177 Å². The fourth-order valence-electron chi connectivity index (χ4n) is 6.90. The van der Waals surface area contributed by atoms with E-state index in [1.807, 2.05) is 24.3 Å². The minimum absolute atomic E-state index is 0.0438. The van der Waals surface area contributed by atoms with E-state index in [4.69, 9.17) is 4.74 Å². The second-order valence-corrected chi connectivity index (χ2v) is 9.70. The number of aliphatic hydroxyl groups is 1. The number of ether oxygens (including phenoxy) is 1. The molecule has 4 unspecified atom stereocenters. The third-order valence-electron chi connectivity index (χ3n) is 8.25. The Morgan fingerprint density at radius 1 is 0.733 bits per heavy atom. The van der Waals surface area contributed by atoms with Crippen LogP contribution >= 0.6 is 0 Å². The van der Waals surface area contributed by atoms with Crippen LogP contribution in [0.25, 0.3) is 0 Å². The number of esters is 1. The first-order valence-electron chi connectivity index (χ1n) is 11.4. The smallest absolute Gasteiger partial charge is 0.338 e. The highest BCUT2D eigenvalue weighted by molar-refractivity contribution is 5.89. The van der Waals surface area contributed by atoms with Gasteiger partial charge in [-0.3, -0.25) is 0 Å². The SMILES string of the molecule is O=C(O[C@@H]1C=C[C@H]2C3C=CC(C3)[C@@H]12)c1ccccc1.O[C@@H]1C=C[C@H]2C3C=CC(C3)[C@@H]12. The van der Waals surface area contributed by atoms with Crippen LogP contribution in [0.4, 0.5) is 0 Å². The lowest BCUT2D eigenvalue weighted by Crippen LogP contribution is -2.28. The van der Waals surface area contributed by atoms with Crippen LogP contribution in [-0.2, 0) is 4.74 Å². The zero-order chi connectivity index (χ0) is 20.2. The van der Waals surface area contributed by atoms with E-state index in [0.717, 1.165) is 5.92 Å². The fraction of sp³-hybridized carbons (Fsp3) is 0.444. The quantitative estimate of drug-likeness (QED) is 0.584. The maximum absolute atomic E-state index is 12.1. The van der Waals surface area contributed by atoms with Crippen molar-refractivity contribution in [1.82, 2.24) is 0 Å². The summed E-state index contributed by atoms with van der Waals surface area (Å²) in [5, 5.41) is 9.60. The maximum atomic E-state index is 12.1. The minimum atomic E-state index is -0.206. The molecule has 0 aliphatic heterocycles. The van der Waals surface area contributed by atoms with Gasteiger partial charge in [-0.15, -0.1) is 0 Å². The van der Waals surface area contributed by atoms with Crippen molar-refractivity contribution in [3.05, 3.63) is 84.5 Å². The summed E-state index contributed by atoms with van der Waals surface area (Å²) in [6, 6.07) is 9.25. The molecule has 0 aromatic heterocycles. The van der Waals surface area contributed by atoms with Gasteiger partial charge in [0, 0.05) is 11.8 Å². The lowest BCUT2D eigenvalue weighted by atomic mass is 9.84. The Morgan fingerprint density at radius 3 is 2.03 bits per heavy atom. The zero-order valence-corrected chi connectivity index (χ0v) is 17.0. The molecule has 10 atom stereocenters. The van der Waals surface area contributed by atoms with Gasteiger partial charge in [0.15, 0.2) is 0 Å². The second kappa shape index (κ2) is 7.09. The van der Waals surface area contributed by atoms with Crippen LogP contribution in [0.3, 0.4) is 0 Å². The molecule has 30 heavy (non-hydrogen) atoms. The molecule has 0 heterocycles. The van der Waals surface area contributed by atoms with E-state index in [0.29, 0.717) is 47.0 Å². The maximum Gasteiger partial charge on any atom is 0.338 e. The molecule has 3 nitrogen and oxygen atoms in total. The summed E-state index contributed by atoms with van der Waals surface area (Å²) in [6.45, 7) is 0. The molecule has 154 valence electrons. The molecule has 7 rings (SSSR count). The van der Waals surface area contributed by atoms with Crippen molar-refractivity contribution < 1.29 is 14.6 Å². The Kier molecular flexibility index (Phi) is 4.35. The molecule has 0 spiro atoms. The summed E-state index contributed by atoms with van der Waals surface area (Å²) >= 11 is 0. The van der Waals surface area contributed by atoms with Crippen molar-refractivity contribution in [2.75, 3.05) is 0 Å². The molecule has 2 saturated carbocycles. The number of carbonyl (C=O) groups is 1. The van der Waals surface area contributed by atoms with Crippen LogP contribution in [0.1, 0.15) is 23.2 Å². The molecular weight excluding hydrogens is 372 g/mol. The number of allylic oxidation sites excluding steroid dienone is 6. The van der Waals surface area contributed by atoms with Crippen LogP contribution in [0.2, 0.25) is 0 Å².